The summed E-state index contributed by atoms with van der Waals surface area (Å²) in [6.07, 6.45) is 1.83. The molecule has 2 heterocycles. The number of carbonyl (C=O) groups excluding carboxylic acids is 1. The van der Waals surface area contributed by atoms with E-state index in [1.165, 1.54) is 17.7 Å². The third-order valence-corrected chi connectivity index (χ3v) is 6.85. The first-order valence-electron chi connectivity index (χ1n) is 9.43. The Balaban J connectivity index is 1.57. The largest absolute Gasteiger partial charge is 0.480 e. The Morgan fingerprint density at radius 2 is 2.18 bits per heavy atom. The number of aryl methyl sites for hydroxylation is 1. The van der Waals surface area contributed by atoms with E-state index < -0.39 is 6.10 Å². The number of carbonyl (C=O) groups is 1. The molecule has 28 heavy (non-hydrogen) atoms. The molecular formula is C20H25BrClN3O2S. The summed E-state index contributed by atoms with van der Waals surface area (Å²) in [5, 5.41) is 4.10. The number of hydrogen-bond donors (Lipinski definition) is 1. The van der Waals surface area contributed by atoms with Crippen LogP contribution in [0.15, 0.2) is 22.7 Å². The molecule has 2 aromatic rings. The zero-order valence-electron chi connectivity index (χ0n) is 16.3. The molecule has 1 aromatic carbocycles. The minimum atomic E-state index is -0.659. The average Bonchev–Trinajstić information content (AvgIpc) is 2.98. The summed E-state index contributed by atoms with van der Waals surface area (Å²) in [6, 6.07) is 5.20. The van der Waals surface area contributed by atoms with Crippen LogP contribution in [-0.2, 0) is 11.3 Å². The lowest BCUT2D eigenvalue weighted by atomic mass is 9.99. The Morgan fingerprint density at radius 1 is 1.46 bits per heavy atom. The zero-order valence-corrected chi connectivity index (χ0v) is 19.5. The number of benzene rings is 1. The number of thiazole rings is 1. The van der Waals surface area contributed by atoms with Crippen LogP contribution < -0.4 is 10.1 Å². The van der Waals surface area contributed by atoms with E-state index in [1.807, 2.05) is 6.92 Å². The molecule has 1 fully saturated rings. The van der Waals surface area contributed by atoms with Gasteiger partial charge in [0.1, 0.15) is 5.75 Å². The third kappa shape index (κ3) is 5.69. The van der Waals surface area contributed by atoms with Gasteiger partial charge in [-0.05, 0) is 79.8 Å². The summed E-state index contributed by atoms with van der Waals surface area (Å²) in [5.74, 6) is 1.16. The van der Waals surface area contributed by atoms with Crippen molar-refractivity contribution in [1.29, 1.82) is 0 Å². The summed E-state index contributed by atoms with van der Waals surface area (Å²) >= 11 is 10.9. The zero-order chi connectivity index (χ0) is 20.3. The Morgan fingerprint density at radius 3 is 2.86 bits per heavy atom. The van der Waals surface area contributed by atoms with Crippen LogP contribution in [0.4, 0.5) is 5.13 Å². The second kappa shape index (κ2) is 9.57. The summed E-state index contributed by atoms with van der Waals surface area (Å²) in [6.45, 7) is 9.18. The normalized spacial score (nSPS) is 16.8. The van der Waals surface area contributed by atoms with Gasteiger partial charge in [-0.1, -0.05) is 18.5 Å². The molecule has 0 radical (unpaired) electrons. The fourth-order valence-electron chi connectivity index (χ4n) is 3.07. The van der Waals surface area contributed by atoms with E-state index in [0.717, 1.165) is 31.2 Å². The lowest BCUT2D eigenvalue weighted by Gasteiger charge is -2.29. The number of likely N-dealkylation sites (tertiary alicyclic amines) is 1. The highest BCUT2D eigenvalue weighted by atomic mass is 79.9. The van der Waals surface area contributed by atoms with Crippen molar-refractivity contribution < 1.29 is 9.53 Å². The first-order chi connectivity index (χ1) is 13.3. The first kappa shape index (κ1) is 21.6. The van der Waals surface area contributed by atoms with Crippen LogP contribution in [0.3, 0.4) is 0 Å². The van der Waals surface area contributed by atoms with Gasteiger partial charge in [-0.2, -0.15) is 0 Å². The van der Waals surface area contributed by atoms with Gasteiger partial charge in [-0.15, -0.1) is 11.3 Å². The van der Waals surface area contributed by atoms with Gasteiger partial charge in [0.25, 0.3) is 5.91 Å². The molecule has 1 N–H and O–H groups in total. The molecule has 1 saturated heterocycles. The highest BCUT2D eigenvalue weighted by molar-refractivity contribution is 9.10. The highest BCUT2D eigenvalue weighted by Crippen LogP contribution is 2.30. The second-order valence-corrected chi connectivity index (χ2v) is 9.68. The molecule has 0 aliphatic carbocycles. The van der Waals surface area contributed by atoms with Crippen molar-refractivity contribution in [3.63, 3.8) is 0 Å². The Kier molecular flexibility index (Phi) is 7.36. The predicted molar refractivity (Wildman–Crippen MR) is 118 cm³/mol. The van der Waals surface area contributed by atoms with Crippen LogP contribution in [0.2, 0.25) is 5.02 Å². The first-order valence-corrected chi connectivity index (χ1v) is 11.4. The molecule has 1 aliphatic heterocycles. The number of nitrogens with one attached hydrogen (secondary N) is 1. The van der Waals surface area contributed by atoms with Gasteiger partial charge in [0.2, 0.25) is 0 Å². The van der Waals surface area contributed by atoms with Gasteiger partial charge in [0, 0.05) is 16.4 Å². The van der Waals surface area contributed by atoms with E-state index in [9.17, 15) is 4.79 Å². The number of nitrogens with zero attached hydrogens (tertiary/aromatic N) is 2. The predicted octanol–water partition coefficient (Wildman–Crippen LogP) is 5.51. The van der Waals surface area contributed by atoms with Crippen LogP contribution in [-0.4, -0.2) is 35.0 Å². The number of rotatable bonds is 6. The maximum Gasteiger partial charge on any atom is 0.266 e. The maximum atomic E-state index is 12.5. The summed E-state index contributed by atoms with van der Waals surface area (Å²) in [7, 11) is 0. The van der Waals surface area contributed by atoms with Gasteiger partial charge in [-0.3, -0.25) is 15.0 Å². The molecule has 152 valence electrons. The van der Waals surface area contributed by atoms with E-state index in [-0.39, 0.29) is 5.91 Å². The lowest BCUT2D eigenvalue weighted by molar-refractivity contribution is -0.122. The summed E-state index contributed by atoms with van der Waals surface area (Å²) < 4.78 is 6.46. The van der Waals surface area contributed by atoms with Gasteiger partial charge in [0.15, 0.2) is 11.2 Å². The van der Waals surface area contributed by atoms with E-state index >= 15 is 0 Å². The molecule has 1 unspecified atom stereocenters. The van der Waals surface area contributed by atoms with E-state index in [4.69, 9.17) is 16.3 Å². The smallest absolute Gasteiger partial charge is 0.266 e. The van der Waals surface area contributed by atoms with Gasteiger partial charge < -0.3 is 4.74 Å². The van der Waals surface area contributed by atoms with Crippen molar-refractivity contribution in [1.82, 2.24) is 9.88 Å². The molecule has 5 nitrogen and oxygen atoms in total. The fourth-order valence-corrected chi connectivity index (χ4v) is 4.86. The quantitative estimate of drug-likeness (QED) is 0.585. The summed E-state index contributed by atoms with van der Waals surface area (Å²) in [4.78, 5) is 20.7. The molecule has 1 aliphatic rings. The Bertz CT molecular complexity index is 837. The number of aromatic nitrogens is 1. The number of halogens is 2. The third-order valence-electron chi connectivity index (χ3n) is 4.93. The van der Waals surface area contributed by atoms with E-state index in [0.29, 0.717) is 20.4 Å². The number of piperidine rings is 1. The van der Waals surface area contributed by atoms with Crippen LogP contribution in [0.25, 0.3) is 0 Å². The van der Waals surface area contributed by atoms with Crippen LogP contribution in [0.1, 0.15) is 37.3 Å². The topological polar surface area (TPSA) is 54.5 Å². The van der Waals surface area contributed by atoms with Gasteiger partial charge in [-0.25, -0.2) is 4.98 Å². The van der Waals surface area contributed by atoms with Crippen LogP contribution in [0, 0.1) is 12.8 Å². The molecule has 0 spiro atoms. The number of amides is 1. The van der Waals surface area contributed by atoms with Crippen molar-refractivity contribution in [2.45, 2.75) is 46.3 Å². The molecule has 3 rings (SSSR count). The minimum Gasteiger partial charge on any atom is -0.480 e. The molecule has 0 saturated carbocycles. The Labute approximate surface area is 183 Å². The van der Waals surface area contributed by atoms with E-state index in [2.05, 4.69) is 38.1 Å². The highest BCUT2D eigenvalue weighted by Gasteiger charge is 2.21. The number of anilines is 1. The standard InChI is InChI=1S/C20H25BrClN3O2S/c1-12-6-8-25(9-7-12)11-18-13(2)23-20(28-18)24-19(26)14(3)27-17-5-4-15(22)10-16(17)21/h4-5,10,12,14H,6-9,11H2,1-3H3,(H,23,24,26). The van der Waals surface area contributed by atoms with Crippen molar-refractivity contribution in [2.75, 3.05) is 18.4 Å². The van der Waals surface area contributed by atoms with E-state index in [1.54, 1.807) is 36.5 Å². The molecule has 8 heteroatoms. The van der Waals surface area contributed by atoms with Crippen molar-refractivity contribution >= 4 is 49.9 Å². The van der Waals surface area contributed by atoms with Crippen LogP contribution in [0.5, 0.6) is 5.75 Å². The maximum absolute atomic E-state index is 12.5. The van der Waals surface area contributed by atoms with Crippen molar-refractivity contribution in [3.05, 3.63) is 38.3 Å². The monoisotopic (exact) mass is 485 g/mol. The molecule has 1 amide bonds. The molecular weight excluding hydrogens is 462 g/mol. The number of ether oxygens (including phenoxy) is 1. The van der Waals surface area contributed by atoms with Crippen molar-refractivity contribution in [3.8, 4) is 5.75 Å². The lowest BCUT2D eigenvalue weighted by Crippen LogP contribution is -2.32. The summed E-state index contributed by atoms with van der Waals surface area (Å²) in [5.41, 5.74) is 0.980. The van der Waals surface area contributed by atoms with Crippen LogP contribution >= 0.6 is 38.9 Å². The van der Waals surface area contributed by atoms with Gasteiger partial charge >= 0.3 is 0 Å². The molecule has 0 bridgehead atoms. The number of hydrogen-bond acceptors (Lipinski definition) is 5. The minimum absolute atomic E-state index is 0.228. The molecule has 1 atom stereocenters. The average molecular weight is 487 g/mol. The Hall–Kier alpha value is -1.15. The molecule has 1 aromatic heterocycles. The second-order valence-electron chi connectivity index (χ2n) is 7.31. The van der Waals surface area contributed by atoms with Crippen molar-refractivity contribution in [2.24, 2.45) is 5.92 Å². The van der Waals surface area contributed by atoms with Gasteiger partial charge in [0.05, 0.1) is 10.2 Å². The SMILES string of the molecule is Cc1nc(NC(=O)C(C)Oc2ccc(Cl)cc2Br)sc1CN1CCC(C)CC1. The fraction of sp³-hybridized carbons (Fsp3) is 0.500.